The van der Waals surface area contributed by atoms with Gasteiger partial charge in [0.1, 0.15) is 0 Å². The Hall–Kier alpha value is -1.64. The van der Waals surface area contributed by atoms with Gasteiger partial charge in [-0.2, -0.15) is 0 Å². The van der Waals surface area contributed by atoms with Crippen molar-refractivity contribution in [2.75, 3.05) is 20.1 Å². The standard InChI is InChI=1S/C18H33N5O2S/c1-14(2)23(15(3)4)12-6-11-21-18(20-5)22-13-16-7-9-17(10-8-16)26(19,24)25/h7-10,14-15H,6,11-13H2,1-5H3,(H2,19,24,25)(H2,20,21,22). The number of rotatable bonds is 9. The van der Waals surface area contributed by atoms with Gasteiger partial charge in [0.2, 0.25) is 10.0 Å². The quantitative estimate of drug-likeness (QED) is 0.341. The molecule has 148 valence electrons. The minimum atomic E-state index is -3.65. The van der Waals surface area contributed by atoms with E-state index in [2.05, 4.69) is 48.2 Å². The van der Waals surface area contributed by atoms with Crippen LogP contribution in [0.1, 0.15) is 39.7 Å². The molecule has 4 N–H and O–H groups in total. The topological polar surface area (TPSA) is 99.8 Å². The summed E-state index contributed by atoms with van der Waals surface area (Å²) in [5, 5.41) is 11.6. The number of benzene rings is 1. The Labute approximate surface area is 158 Å². The van der Waals surface area contributed by atoms with Crippen molar-refractivity contribution in [2.24, 2.45) is 10.1 Å². The summed E-state index contributed by atoms with van der Waals surface area (Å²) in [6.07, 6.45) is 1.03. The average molecular weight is 384 g/mol. The molecule has 1 aromatic rings. The van der Waals surface area contributed by atoms with Gasteiger partial charge in [-0.05, 0) is 51.8 Å². The molecule has 7 nitrogen and oxygen atoms in total. The molecule has 26 heavy (non-hydrogen) atoms. The molecule has 1 aromatic carbocycles. The van der Waals surface area contributed by atoms with E-state index in [0.717, 1.165) is 31.0 Å². The number of hydrogen-bond donors (Lipinski definition) is 3. The number of nitrogens with one attached hydrogen (secondary N) is 2. The smallest absolute Gasteiger partial charge is 0.238 e. The molecule has 0 aliphatic rings. The van der Waals surface area contributed by atoms with Gasteiger partial charge in [-0.3, -0.25) is 9.89 Å². The molecule has 0 fully saturated rings. The Kier molecular flexibility index (Phi) is 9.04. The molecule has 0 aliphatic heterocycles. The molecule has 0 unspecified atom stereocenters. The van der Waals surface area contributed by atoms with Crippen LogP contribution >= 0.6 is 0 Å². The monoisotopic (exact) mass is 383 g/mol. The van der Waals surface area contributed by atoms with Gasteiger partial charge >= 0.3 is 0 Å². The van der Waals surface area contributed by atoms with E-state index in [-0.39, 0.29) is 4.90 Å². The van der Waals surface area contributed by atoms with Crippen LogP contribution < -0.4 is 15.8 Å². The molecule has 1 rings (SSSR count). The molecule has 0 radical (unpaired) electrons. The normalized spacial score (nSPS) is 12.9. The van der Waals surface area contributed by atoms with Crippen LogP contribution in [-0.4, -0.2) is 51.5 Å². The number of nitrogens with two attached hydrogens (primary N) is 1. The van der Waals surface area contributed by atoms with Crippen molar-refractivity contribution >= 4 is 16.0 Å². The molecule has 0 atom stereocenters. The summed E-state index contributed by atoms with van der Waals surface area (Å²) in [7, 11) is -1.92. The van der Waals surface area contributed by atoms with Gasteiger partial charge in [0.15, 0.2) is 5.96 Å². The van der Waals surface area contributed by atoms with E-state index < -0.39 is 10.0 Å². The van der Waals surface area contributed by atoms with Crippen LogP contribution in [0.3, 0.4) is 0 Å². The minimum absolute atomic E-state index is 0.114. The maximum Gasteiger partial charge on any atom is 0.238 e. The summed E-state index contributed by atoms with van der Waals surface area (Å²) in [6, 6.07) is 7.57. The van der Waals surface area contributed by atoms with Crippen molar-refractivity contribution in [3.05, 3.63) is 29.8 Å². The second-order valence-electron chi connectivity index (χ2n) is 6.82. The fourth-order valence-corrected chi connectivity index (χ4v) is 3.30. The van der Waals surface area contributed by atoms with E-state index in [1.807, 2.05) is 0 Å². The molecule has 8 heteroatoms. The predicted molar refractivity (Wildman–Crippen MR) is 108 cm³/mol. The van der Waals surface area contributed by atoms with Crippen molar-refractivity contribution < 1.29 is 8.42 Å². The van der Waals surface area contributed by atoms with E-state index in [1.54, 1.807) is 19.2 Å². The molecule has 0 aliphatic carbocycles. The van der Waals surface area contributed by atoms with Crippen LogP contribution in [0.25, 0.3) is 0 Å². The third kappa shape index (κ3) is 7.72. The fraction of sp³-hybridized carbons (Fsp3) is 0.611. The Balaban J connectivity index is 2.42. The highest BCUT2D eigenvalue weighted by atomic mass is 32.2. The van der Waals surface area contributed by atoms with Crippen LogP contribution in [0.4, 0.5) is 0 Å². The lowest BCUT2D eigenvalue weighted by molar-refractivity contribution is 0.173. The maximum atomic E-state index is 11.3. The lowest BCUT2D eigenvalue weighted by atomic mass is 10.2. The Morgan fingerprint density at radius 1 is 1.12 bits per heavy atom. The number of nitrogens with zero attached hydrogens (tertiary/aromatic N) is 2. The van der Waals surface area contributed by atoms with Crippen molar-refractivity contribution in [3.8, 4) is 0 Å². The van der Waals surface area contributed by atoms with E-state index in [1.165, 1.54) is 12.1 Å². The van der Waals surface area contributed by atoms with Crippen molar-refractivity contribution in [3.63, 3.8) is 0 Å². The van der Waals surface area contributed by atoms with Gasteiger partial charge in [0, 0.05) is 38.8 Å². The maximum absolute atomic E-state index is 11.3. The van der Waals surface area contributed by atoms with Gasteiger partial charge in [-0.25, -0.2) is 13.6 Å². The second-order valence-corrected chi connectivity index (χ2v) is 8.38. The van der Waals surface area contributed by atoms with Crippen LogP contribution in [0, 0.1) is 0 Å². The highest BCUT2D eigenvalue weighted by Gasteiger charge is 2.12. The molecule has 0 spiro atoms. The summed E-state index contributed by atoms with van der Waals surface area (Å²) >= 11 is 0. The molecular formula is C18H33N5O2S. The fourth-order valence-electron chi connectivity index (χ4n) is 2.78. The highest BCUT2D eigenvalue weighted by molar-refractivity contribution is 7.89. The van der Waals surface area contributed by atoms with E-state index >= 15 is 0 Å². The number of aliphatic imine (C=N–C) groups is 1. The molecule has 0 amide bonds. The zero-order valence-corrected chi connectivity index (χ0v) is 17.3. The van der Waals surface area contributed by atoms with E-state index in [4.69, 9.17) is 5.14 Å². The van der Waals surface area contributed by atoms with E-state index in [0.29, 0.717) is 18.6 Å². The van der Waals surface area contributed by atoms with Crippen molar-refractivity contribution in [2.45, 2.75) is 57.6 Å². The first-order chi connectivity index (χ1) is 12.1. The summed E-state index contributed by atoms with van der Waals surface area (Å²) in [5.41, 5.74) is 0.950. The van der Waals surface area contributed by atoms with Gasteiger partial charge in [-0.1, -0.05) is 12.1 Å². The van der Waals surface area contributed by atoms with Crippen LogP contribution in [0.5, 0.6) is 0 Å². The number of sulfonamides is 1. The minimum Gasteiger partial charge on any atom is -0.356 e. The molecule has 0 heterocycles. The largest absolute Gasteiger partial charge is 0.356 e. The average Bonchev–Trinajstić information content (AvgIpc) is 2.56. The van der Waals surface area contributed by atoms with Crippen molar-refractivity contribution in [1.29, 1.82) is 0 Å². The molecule has 0 saturated carbocycles. The zero-order valence-electron chi connectivity index (χ0n) is 16.5. The third-order valence-corrected chi connectivity index (χ3v) is 5.08. The van der Waals surface area contributed by atoms with Gasteiger partial charge in [0.05, 0.1) is 4.90 Å². The number of hydrogen-bond acceptors (Lipinski definition) is 4. The lowest BCUT2D eigenvalue weighted by Gasteiger charge is -2.30. The Morgan fingerprint density at radius 2 is 1.69 bits per heavy atom. The summed E-state index contributed by atoms with van der Waals surface area (Å²) in [6.45, 7) is 11.3. The highest BCUT2D eigenvalue weighted by Crippen LogP contribution is 2.08. The second kappa shape index (κ2) is 10.5. The number of primary sulfonamides is 1. The summed E-state index contributed by atoms with van der Waals surface area (Å²) < 4.78 is 22.5. The van der Waals surface area contributed by atoms with Gasteiger partial charge < -0.3 is 10.6 Å². The molecule has 0 bridgehead atoms. The van der Waals surface area contributed by atoms with Gasteiger partial charge in [0.25, 0.3) is 0 Å². The van der Waals surface area contributed by atoms with Crippen molar-refractivity contribution in [1.82, 2.24) is 15.5 Å². The van der Waals surface area contributed by atoms with Gasteiger partial charge in [-0.15, -0.1) is 0 Å². The predicted octanol–water partition coefficient (Wildman–Crippen LogP) is 1.51. The summed E-state index contributed by atoms with van der Waals surface area (Å²) in [4.78, 5) is 6.79. The zero-order chi connectivity index (χ0) is 19.7. The first-order valence-electron chi connectivity index (χ1n) is 8.97. The third-order valence-electron chi connectivity index (χ3n) is 4.15. The summed E-state index contributed by atoms with van der Waals surface area (Å²) in [5.74, 6) is 0.723. The van der Waals surface area contributed by atoms with Crippen LogP contribution in [0.2, 0.25) is 0 Å². The first-order valence-corrected chi connectivity index (χ1v) is 10.5. The Morgan fingerprint density at radius 3 is 2.15 bits per heavy atom. The number of guanidine groups is 1. The lowest BCUT2D eigenvalue weighted by Crippen LogP contribution is -2.41. The van der Waals surface area contributed by atoms with Crippen LogP contribution in [-0.2, 0) is 16.6 Å². The SMILES string of the molecule is CN=C(NCCCN(C(C)C)C(C)C)NCc1ccc(S(N)(=O)=O)cc1. The molecule has 0 saturated heterocycles. The first kappa shape index (κ1) is 22.4. The molecular weight excluding hydrogens is 350 g/mol. The molecule has 0 aromatic heterocycles. The van der Waals surface area contributed by atoms with E-state index in [9.17, 15) is 8.42 Å². The Bertz CT molecular complexity index is 661. The van der Waals surface area contributed by atoms with Crippen LogP contribution in [0.15, 0.2) is 34.2 Å².